The van der Waals surface area contributed by atoms with E-state index in [2.05, 4.69) is 9.82 Å². The van der Waals surface area contributed by atoms with E-state index in [1.165, 1.54) is 0 Å². The average Bonchev–Trinajstić information content (AvgIpc) is 2.67. The van der Waals surface area contributed by atoms with Crippen LogP contribution in [0.15, 0.2) is 11.1 Å². The van der Waals surface area contributed by atoms with Crippen molar-refractivity contribution in [3.63, 3.8) is 0 Å². The molecule has 1 N–H and O–H groups in total. The Bertz CT molecular complexity index is 453. The molecule has 0 unspecified atom stereocenters. The molecule has 0 saturated heterocycles. The van der Waals surface area contributed by atoms with Gasteiger partial charge in [0.1, 0.15) is 4.90 Å². The van der Waals surface area contributed by atoms with Gasteiger partial charge < -0.3 is 4.74 Å². The lowest BCUT2D eigenvalue weighted by Crippen LogP contribution is -2.25. The smallest absolute Gasteiger partial charge is 0.243 e. The zero-order valence-electron chi connectivity index (χ0n) is 10.4. The van der Waals surface area contributed by atoms with E-state index in [1.807, 2.05) is 6.92 Å². The first kappa shape index (κ1) is 14.1. The molecule has 0 aliphatic rings. The maximum atomic E-state index is 11.9. The molecule has 0 saturated carbocycles. The maximum absolute atomic E-state index is 11.9. The van der Waals surface area contributed by atoms with Crippen LogP contribution in [0.1, 0.15) is 19.0 Å². The normalized spacial score (nSPS) is 11.9. The summed E-state index contributed by atoms with van der Waals surface area (Å²) in [6.45, 7) is 5.16. The lowest BCUT2D eigenvalue weighted by molar-refractivity contribution is 0.196. The van der Waals surface area contributed by atoms with Crippen LogP contribution in [0.4, 0.5) is 0 Å². The quantitative estimate of drug-likeness (QED) is 0.726. The van der Waals surface area contributed by atoms with E-state index >= 15 is 0 Å². The van der Waals surface area contributed by atoms with Gasteiger partial charge in [-0.2, -0.15) is 5.10 Å². The number of aryl methyl sites for hydroxylation is 2. The summed E-state index contributed by atoms with van der Waals surface area (Å²) in [5, 5.41) is 4.11. The largest absolute Gasteiger partial charge is 0.385 e. The van der Waals surface area contributed by atoms with Crippen LogP contribution in [0.2, 0.25) is 0 Å². The Morgan fingerprint density at radius 2 is 2.24 bits per heavy atom. The van der Waals surface area contributed by atoms with Gasteiger partial charge in [-0.15, -0.1) is 0 Å². The predicted molar refractivity (Wildman–Crippen MR) is 64.3 cm³/mol. The van der Waals surface area contributed by atoms with Crippen LogP contribution in [0.5, 0.6) is 0 Å². The minimum absolute atomic E-state index is 0.247. The van der Waals surface area contributed by atoms with E-state index in [-0.39, 0.29) is 4.90 Å². The molecule has 0 aliphatic heterocycles. The molecule has 0 fully saturated rings. The number of hydrogen-bond acceptors (Lipinski definition) is 4. The number of hydrogen-bond donors (Lipinski definition) is 1. The third kappa shape index (κ3) is 3.79. The summed E-state index contributed by atoms with van der Waals surface area (Å²) >= 11 is 0. The van der Waals surface area contributed by atoms with E-state index in [1.54, 1.807) is 24.9 Å². The van der Waals surface area contributed by atoms with Gasteiger partial charge in [-0.3, -0.25) is 4.68 Å². The Balaban J connectivity index is 2.72. The monoisotopic (exact) mass is 261 g/mol. The fourth-order valence-corrected chi connectivity index (χ4v) is 2.68. The maximum Gasteiger partial charge on any atom is 0.243 e. The Kier molecular flexibility index (Phi) is 5.10. The minimum Gasteiger partial charge on any atom is -0.385 e. The number of ether oxygens (including phenoxy) is 1. The number of nitrogens with zero attached hydrogens (tertiary/aromatic N) is 2. The molecule has 0 aromatic carbocycles. The van der Waals surface area contributed by atoms with Crippen molar-refractivity contribution >= 4 is 10.0 Å². The average molecular weight is 261 g/mol. The Labute approximate surface area is 102 Å². The summed E-state index contributed by atoms with van der Waals surface area (Å²) in [6, 6.07) is 0. The second-order valence-corrected chi connectivity index (χ2v) is 5.41. The second kappa shape index (κ2) is 6.13. The molecule has 0 radical (unpaired) electrons. The third-order valence-electron chi connectivity index (χ3n) is 2.33. The molecule has 17 heavy (non-hydrogen) atoms. The molecule has 98 valence electrons. The standard InChI is InChI=1S/C10H19N3O3S/c1-4-13-8-10(9(2)12-13)17(14,15)11-6-5-7-16-3/h8,11H,4-7H2,1-3H3. The van der Waals surface area contributed by atoms with E-state index < -0.39 is 10.0 Å². The Hall–Kier alpha value is -0.920. The second-order valence-electron chi connectivity index (χ2n) is 3.68. The highest BCUT2D eigenvalue weighted by molar-refractivity contribution is 7.89. The van der Waals surface area contributed by atoms with Crippen LogP contribution >= 0.6 is 0 Å². The van der Waals surface area contributed by atoms with E-state index in [4.69, 9.17) is 4.74 Å². The van der Waals surface area contributed by atoms with Crippen molar-refractivity contribution in [2.45, 2.75) is 31.7 Å². The van der Waals surface area contributed by atoms with Crippen LogP contribution in [0.25, 0.3) is 0 Å². The van der Waals surface area contributed by atoms with Gasteiger partial charge >= 0.3 is 0 Å². The SMILES string of the molecule is CCn1cc(S(=O)(=O)NCCCOC)c(C)n1. The summed E-state index contributed by atoms with van der Waals surface area (Å²) in [7, 11) is -1.86. The van der Waals surface area contributed by atoms with Crippen molar-refractivity contribution in [1.82, 2.24) is 14.5 Å². The summed E-state index contributed by atoms with van der Waals surface area (Å²) < 4.78 is 32.9. The number of sulfonamides is 1. The first-order valence-electron chi connectivity index (χ1n) is 5.54. The first-order valence-corrected chi connectivity index (χ1v) is 7.02. The summed E-state index contributed by atoms with van der Waals surface area (Å²) in [6.07, 6.45) is 2.20. The summed E-state index contributed by atoms with van der Waals surface area (Å²) in [4.78, 5) is 0.247. The number of methoxy groups -OCH3 is 1. The van der Waals surface area contributed by atoms with Crippen LogP contribution in [-0.2, 0) is 21.3 Å². The molecule has 0 amide bonds. The van der Waals surface area contributed by atoms with Gasteiger partial charge in [0, 0.05) is 33.0 Å². The Morgan fingerprint density at radius 3 is 2.76 bits per heavy atom. The molecule has 0 spiro atoms. The third-order valence-corrected chi connectivity index (χ3v) is 3.90. The fourth-order valence-electron chi connectivity index (χ4n) is 1.43. The molecule has 1 aromatic rings. The molecule has 0 aliphatic carbocycles. The number of rotatable bonds is 7. The molecule has 6 nitrogen and oxygen atoms in total. The van der Waals surface area contributed by atoms with Crippen molar-refractivity contribution in [3.05, 3.63) is 11.9 Å². The van der Waals surface area contributed by atoms with E-state index in [9.17, 15) is 8.42 Å². The molecule has 7 heteroatoms. The van der Waals surface area contributed by atoms with Gasteiger partial charge in [-0.25, -0.2) is 13.1 Å². The lowest BCUT2D eigenvalue weighted by atomic mass is 10.5. The summed E-state index contributed by atoms with van der Waals surface area (Å²) in [5.41, 5.74) is 0.520. The molecule has 1 aromatic heterocycles. The molecular formula is C10H19N3O3S. The van der Waals surface area contributed by atoms with Gasteiger partial charge in [-0.05, 0) is 20.3 Å². The first-order chi connectivity index (χ1) is 8.01. The number of nitrogens with one attached hydrogen (secondary N) is 1. The van der Waals surface area contributed by atoms with Crippen molar-refractivity contribution < 1.29 is 13.2 Å². The van der Waals surface area contributed by atoms with Crippen LogP contribution in [0, 0.1) is 6.92 Å². The Morgan fingerprint density at radius 1 is 1.53 bits per heavy atom. The van der Waals surface area contributed by atoms with Crippen molar-refractivity contribution in [1.29, 1.82) is 0 Å². The molecule has 1 heterocycles. The fraction of sp³-hybridized carbons (Fsp3) is 0.700. The van der Waals surface area contributed by atoms with Gasteiger partial charge in [0.15, 0.2) is 0 Å². The van der Waals surface area contributed by atoms with Crippen molar-refractivity contribution in [3.8, 4) is 0 Å². The minimum atomic E-state index is -3.45. The van der Waals surface area contributed by atoms with Crippen molar-refractivity contribution in [2.75, 3.05) is 20.3 Å². The highest BCUT2D eigenvalue weighted by Gasteiger charge is 2.19. The van der Waals surface area contributed by atoms with Crippen LogP contribution in [0.3, 0.4) is 0 Å². The van der Waals surface area contributed by atoms with Gasteiger partial charge in [0.2, 0.25) is 10.0 Å². The molecular weight excluding hydrogens is 242 g/mol. The van der Waals surface area contributed by atoms with Gasteiger partial charge in [0.05, 0.1) is 5.69 Å². The van der Waals surface area contributed by atoms with Gasteiger partial charge in [0.25, 0.3) is 0 Å². The van der Waals surface area contributed by atoms with E-state index in [0.29, 0.717) is 31.8 Å². The molecule has 0 atom stereocenters. The predicted octanol–water partition coefficient (Wildman–Crippen LogP) is 0.526. The lowest BCUT2D eigenvalue weighted by Gasteiger charge is -2.04. The summed E-state index contributed by atoms with van der Waals surface area (Å²) in [5.74, 6) is 0. The topological polar surface area (TPSA) is 73.2 Å². The molecule has 1 rings (SSSR count). The zero-order valence-corrected chi connectivity index (χ0v) is 11.2. The molecule has 0 bridgehead atoms. The van der Waals surface area contributed by atoms with Crippen LogP contribution in [-0.4, -0.2) is 38.5 Å². The highest BCUT2D eigenvalue weighted by Crippen LogP contribution is 2.12. The number of aromatic nitrogens is 2. The highest BCUT2D eigenvalue weighted by atomic mass is 32.2. The van der Waals surface area contributed by atoms with Crippen LogP contribution < -0.4 is 4.72 Å². The zero-order chi connectivity index (χ0) is 12.9. The van der Waals surface area contributed by atoms with E-state index in [0.717, 1.165) is 0 Å². The van der Waals surface area contributed by atoms with Crippen molar-refractivity contribution in [2.24, 2.45) is 0 Å². The van der Waals surface area contributed by atoms with Gasteiger partial charge in [-0.1, -0.05) is 0 Å².